The second-order valence-corrected chi connectivity index (χ2v) is 20.2. The molecule has 0 bridgehead atoms. The van der Waals surface area contributed by atoms with E-state index in [1.54, 1.807) is 0 Å². The Hall–Kier alpha value is -3.67. The summed E-state index contributed by atoms with van der Waals surface area (Å²) in [4.78, 5) is 38.2. The molecule has 0 fully saturated rings. The van der Waals surface area contributed by atoms with Crippen LogP contribution in [0.2, 0.25) is 0 Å². The zero-order valence-corrected chi connectivity index (χ0v) is 47.9. The van der Waals surface area contributed by atoms with Gasteiger partial charge >= 0.3 is 17.9 Å². The average molecular weight is 1020 g/mol. The first kappa shape index (κ1) is 69.3. The molecule has 0 aromatic rings. The number of carbonyl (C=O) groups excluding carboxylic acids is 3. The van der Waals surface area contributed by atoms with Crippen LogP contribution in [0.15, 0.2) is 97.2 Å². The van der Waals surface area contributed by atoms with Crippen LogP contribution in [0.3, 0.4) is 0 Å². The van der Waals surface area contributed by atoms with Gasteiger partial charge in [-0.25, -0.2) is 0 Å². The number of unbranched alkanes of at least 4 members (excludes halogenated alkanes) is 28. The van der Waals surface area contributed by atoms with Crippen molar-refractivity contribution in [2.45, 2.75) is 297 Å². The number of esters is 3. The third-order valence-corrected chi connectivity index (χ3v) is 13.1. The molecule has 418 valence electrons. The number of ether oxygens (including phenoxy) is 3. The highest BCUT2D eigenvalue weighted by Gasteiger charge is 2.19. The van der Waals surface area contributed by atoms with Crippen LogP contribution >= 0.6 is 0 Å². The number of hydrogen-bond donors (Lipinski definition) is 0. The van der Waals surface area contributed by atoms with E-state index in [2.05, 4.69) is 118 Å². The van der Waals surface area contributed by atoms with Gasteiger partial charge in [0.2, 0.25) is 0 Å². The Morgan fingerprint density at radius 2 is 0.534 bits per heavy atom. The smallest absolute Gasteiger partial charge is 0.306 e. The van der Waals surface area contributed by atoms with Crippen molar-refractivity contribution in [2.24, 2.45) is 0 Å². The van der Waals surface area contributed by atoms with Crippen LogP contribution in [0.4, 0.5) is 0 Å². The first-order valence-corrected chi connectivity index (χ1v) is 30.7. The molecule has 0 rings (SSSR count). The summed E-state index contributed by atoms with van der Waals surface area (Å²) in [5, 5.41) is 0. The second kappa shape index (κ2) is 60.9. The highest BCUT2D eigenvalue weighted by atomic mass is 16.6. The van der Waals surface area contributed by atoms with Crippen LogP contribution in [-0.4, -0.2) is 37.2 Å². The Morgan fingerprint density at radius 3 is 0.863 bits per heavy atom. The van der Waals surface area contributed by atoms with E-state index in [0.717, 1.165) is 122 Å². The summed E-state index contributed by atoms with van der Waals surface area (Å²) in [5.74, 6) is -0.932. The Labute approximate surface area is 451 Å². The normalized spacial score (nSPS) is 12.8. The van der Waals surface area contributed by atoms with E-state index in [1.807, 2.05) is 0 Å². The molecule has 6 nitrogen and oxygen atoms in total. The topological polar surface area (TPSA) is 78.9 Å². The lowest BCUT2D eigenvalue weighted by molar-refractivity contribution is -0.167. The summed E-state index contributed by atoms with van der Waals surface area (Å²) < 4.78 is 16.9. The van der Waals surface area contributed by atoms with Gasteiger partial charge in [-0.15, -0.1) is 0 Å². The minimum absolute atomic E-state index is 0.0931. The van der Waals surface area contributed by atoms with Crippen molar-refractivity contribution in [1.82, 2.24) is 0 Å². The Bertz CT molecular complexity index is 1440. The largest absolute Gasteiger partial charge is 0.462 e. The number of rotatable bonds is 55. The van der Waals surface area contributed by atoms with Crippen LogP contribution in [0.1, 0.15) is 290 Å². The fourth-order valence-corrected chi connectivity index (χ4v) is 8.50. The summed E-state index contributed by atoms with van der Waals surface area (Å²) in [6.07, 6.45) is 81.3. The van der Waals surface area contributed by atoms with Crippen molar-refractivity contribution in [2.75, 3.05) is 13.2 Å². The third-order valence-electron chi connectivity index (χ3n) is 13.1. The molecule has 73 heavy (non-hydrogen) atoms. The van der Waals surface area contributed by atoms with Crippen LogP contribution < -0.4 is 0 Å². The van der Waals surface area contributed by atoms with E-state index in [4.69, 9.17) is 14.2 Å². The third kappa shape index (κ3) is 59.1. The molecule has 0 saturated carbocycles. The van der Waals surface area contributed by atoms with Crippen LogP contribution in [0.5, 0.6) is 0 Å². The molecule has 0 amide bonds. The minimum Gasteiger partial charge on any atom is -0.462 e. The summed E-state index contributed by atoms with van der Waals surface area (Å²) in [6.45, 7) is 6.39. The van der Waals surface area contributed by atoms with Gasteiger partial charge in [0.15, 0.2) is 6.10 Å². The molecule has 0 saturated heterocycles. The molecule has 0 aliphatic heterocycles. The lowest BCUT2D eigenvalue weighted by Crippen LogP contribution is -2.30. The minimum atomic E-state index is -0.799. The summed E-state index contributed by atoms with van der Waals surface area (Å²) >= 11 is 0. The van der Waals surface area contributed by atoms with Gasteiger partial charge in [0.05, 0.1) is 0 Å². The van der Waals surface area contributed by atoms with Gasteiger partial charge in [-0.05, 0) is 116 Å². The molecular formula is C67H114O6. The van der Waals surface area contributed by atoms with Crippen LogP contribution in [-0.2, 0) is 28.6 Å². The van der Waals surface area contributed by atoms with Crippen molar-refractivity contribution >= 4 is 17.9 Å². The van der Waals surface area contributed by atoms with Gasteiger partial charge in [0, 0.05) is 19.3 Å². The quantitative estimate of drug-likeness (QED) is 0.0261. The van der Waals surface area contributed by atoms with Gasteiger partial charge in [-0.2, -0.15) is 0 Å². The molecule has 0 aliphatic rings. The van der Waals surface area contributed by atoms with E-state index < -0.39 is 6.10 Å². The van der Waals surface area contributed by atoms with Gasteiger partial charge in [-0.1, -0.05) is 253 Å². The SMILES string of the molecule is CC/C=C\C/C=C\C/C=C\C/C=C\CCCCCCCCC(=O)OC(COC(=O)CCCCC/C=C\C/C=C\C/C=C\CC)COC(=O)CCCCCCCCCCCCC/C=C\CCCCCCCCCC. The Morgan fingerprint density at radius 1 is 0.288 bits per heavy atom. The molecule has 0 heterocycles. The molecule has 1 unspecified atom stereocenters. The molecule has 0 aromatic carbocycles. The van der Waals surface area contributed by atoms with Crippen LogP contribution in [0, 0.1) is 0 Å². The van der Waals surface area contributed by atoms with Gasteiger partial charge < -0.3 is 14.2 Å². The summed E-state index contributed by atoms with van der Waals surface area (Å²) in [6, 6.07) is 0. The van der Waals surface area contributed by atoms with Crippen molar-refractivity contribution in [3.63, 3.8) is 0 Å². The fourth-order valence-electron chi connectivity index (χ4n) is 8.50. The van der Waals surface area contributed by atoms with Gasteiger partial charge in [0.1, 0.15) is 13.2 Å². The maximum atomic E-state index is 12.9. The van der Waals surface area contributed by atoms with E-state index in [-0.39, 0.29) is 31.1 Å². The molecule has 0 N–H and O–H groups in total. The monoisotopic (exact) mass is 1010 g/mol. The standard InChI is InChI=1S/C67H114O6/c1-4-7-10-13-16-19-22-25-27-29-31-32-33-34-36-37-39-42-45-48-51-54-57-60-66(69)72-63-64(62-71-65(68)59-56-53-50-47-44-41-24-21-18-15-12-9-6-3)73-67(70)61-58-55-52-49-46-43-40-38-35-30-28-26-23-20-17-14-11-8-5-2/h8-9,11-12,17-18,20-21,26,28-29,31,35,38,41,44,64H,4-7,10,13-16,19,22-25,27,30,32-34,36-37,39-40,42-43,45-63H2,1-3H3/b11-8-,12-9-,20-17-,21-18-,28-26-,31-29-,38-35-,44-41-. The zero-order valence-electron chi connectivity index (χ0n) is 47.9. The maximum absolute atomic E-state index is 12.9. The molecule has 1 atom stereocenters. The van der Waals surface area contributed by atoms with Crippen molar-refractivity contribution < 1.29 is 28.6 Å². The number of allylic oxidation sites excluding steroid dienone is 16. The molecule has 0 radical (unpaired) electrons. The second-order valence-electron chi connectivity index (χ2n) is 20.2. The number of carbonyl (C=O) groups is 3. The maximum Gasteiger partial charge on any atom is 0.306 e. The molecule has 6 heteroatoms. The van der Waals surface area contributed by atoms with Crippen molar-refractivity contribution in [1.29, 1.82) is 0 Å². The van der Waals surface area contributed by atoms with Gasteiger partial charge in [-0.3, -0.25) is 14.4 Å². The van der Waals surface area contributed by atoms with E-state index >= 15 is 0 Å². The van der Waals surface area contributed by atoms with Crippen molar-refractivity contribution in [3.05, 3.63) is 97.2 Å². The van der Waals surface area contributed by atoms with E-state index in [0.29, 0.717) is 19.3 Å². The van der Waals surface area contributed by atoms with Crippen molar-refractivity contribution in [3.8, 4) is 0 Å². The molecular weight excluding hydrogens is 901 g/mol. The molecule has 0 aromatic heterocycles. The Kier molecular flexibility index (Phi) is 57.8. The Balaban J connectivity index is 4.36. The van der Waals surface area contributed by atoms with E-state index in [9.17, 15) is 14.4 Å². The predicted molar refractivity (Wildman–Crippen MR) is 316 cm³/mol. The van der Waals surface area contributed by atoms with Gasteiger partial charge in [0.25, 0.3) is 0 Å². The van der Waals surface area contributed by atoms with E-state index in [1.165, 1.54) is 128 Å². The first-order chi connectivity index (χ1) is 36.0. The highest BCUT2D eigenvalue weighted by molar-refractivity contribution is 5.71. The average Bonchev–Trinajstić information content (AvgIpc) is 3.39. The lowest BCUT2D eigenvalue weighted by Gasteiger charge is -2.18. The predicted octanol–water partition coefficient (Wildman–Crippen LogP) is 20.9. The highest BCUT2D eigenvalue weighted by Crippen LogP contribution is 2.16. The first-order valence-electron chi connectivity index (χ1n) is 30.7. The fraction of sp³-hybridized carbons (Fsp3) is 0.716. The lowest BCUT2D eigenvalue weighted by atomic mass is 10.0. The zero-order chi connectivity index (χ0) is 52.9. The molecule has 0 spiro atoms. The van der Waals surface area contributed by atoms with Crippen LogP contribution in [0.25, 0.3) is 0 Å². The summed E-state index contributed by atoms with van der Waals surface area (Å²) in [5.41, 5.74) is 0. The molecule has 0 aliphatic carbocycles. The number of hydrogen-bond acceptors (Lipinski definition) is 6. The summed E-state index contributed by atoms with van der Waals surface area (Å²) in [7, 11) is 0.